The van der Waals surface area contributed by atoms with Crippen molar-refractivity contribution in [3.63, 3.8) is 0 Å². The topological polar surface area (TPSA) is 96.5 Å². The second kappa shape index (κ2) is 9.53. The molecule has 0 radical (unpaired) electrons. The van der Waals surface area contributed by atoms with Gasteiger partial charge in [-0.1, -0.05) is 0 Å². The molecule has 9 heteroatoms. The summed E-state index contributed by atoms with van der Waals surface area (Å²) in [7, 11) is 1.62. The number of ether oxygens (including phenoxy) is 2. The second-order valence-electron chi connectivity index (χ2n) is 7.19. The highest BCUT2D eigenvalue weighted by molar-refractivity contribution is 5.74. The van der Waals surface area contributed by atoms with Crippen molar-refractivity contribution in [3.05, 3.63) is 46.9 Å². The number of anilines is 1. The number of aromatic nitrogens is 4. The average molecular weight is 410 g/mol. The lowest BCUT2D eigenvalue weighted by atomic mass is 10.2. The van der Waals surface area contributed by atoms with E-state index in [1.807, 2.05) is 12.1 Å². The molecule has 0 aromatic carbocycles. The highest BCUT2D eigenvalue weighted by Crippen LogP contribution is 2.15. The van der Waals surface area contributed by atoms with Gasteiger partial charge in [-0.25, -0.2) is 4.98 Å². The zero-order valence-electron chi connectivity index (χ0n) is 17.1. The fraction of sp³-hybridized carbons (Fsp3) is 0.429. The first-order valence-electron chi connectivity index (χ1n) is 10.2. The molecule has 1 fully saturated rings. The molecule has 1 saturated heterocycles. The maximum Gasteiger partial charge on any atom is 0.249 e. The van der Waals surface area contributed by atoms with Crippen molar-refractivity contribution in [1.29, 1.82) is 0 Å². The molecule has 4 heterocycles. The highest BCUT2D eigenvalue weighted by atomic mass is 16.5. The van der Waals surface area contributed by atoms with Gasteiger partial charge in [-0.3, -0.25) is 9.69 Å². The van der Waals surface area contributed by atoms with Crippen molar-refractivity contribution < 1.29 is 9.47 Å². The summed E-state index contributed by atoms with van der Waals surface area (Å²) in [6, 6.07) is 8.74. The number of H-pyrrole nitrogens is 1. The quantitative estimate of drug-likeness (QED) is 0.561. The minimum atomic E-state index is -0.162. The van der Waals surface area contributed by atoms with Gasteiger partial charge in [-0.2, -0.15) is 9.97 Å². The summed E-state index contributed by atoms with van der Waals surface area (Å²) in [6.07, 6.45) is 3.74. The van der Waals surface area contributed by atoms with Gasteiger partial charge in [-0.15, -0.1) is 0 Å². The number of fused-ring (bicyclic) bond motifs is 1. The molecule has 0 unspecified atom stereocenters. The lowest BCUT2D eigenvalue weighted by molar-refractivity contribution is 0.236. The van der Waals surface area contributed by atoms with Gasteiger partial charge < -0.3 is 19.4 Å². The van der Waals surface area contributed by atoms with Crippen LogP contribution in [0.5, 0.6) is 11.8 Å². The summed E-state index contributed by atoms with van der Waals surface area (Å²) >= 11 is 0. The average Bonchev–Trinajstić information content (AvgIpc) is 2.79. The number of hydrogen-bond acceptors (Lipinski definition) is 8. The number of piperazine rings is 1. The lowest BCUT2D eigenvalue weighted by Gasteiger charge is -2.34. The zero-order chi connectivity index (χ0) is 20.8. The van der Waals surface area contributed by atoms with E-state index in [0.717, 1.165) is 56.9 Å². The molecule has 9 nitrogen and oxygen atoms in total. The van der Waals surface area contributed by atoms with Crippen LogP contribution in [0.4, 0.5) is 5.95 Å². The van der Waals surface area contributed by atoms with E-state index in [1.54, 1.807) is 25.4 Å². The lowest BCUT2D eigenvalue weighted by Crippen LogP contribution is -2.47. The van der Waals surface area contributed by atoms with E-state index in [4.69, 9.17) is 9.47 Å². The van der Waals surface area contributed by atoms with Crippen molar-refractivity contribution in [2.24, 2.45) is 0 Å². The number of rotatable bonds is 8. The predicted molar refractivity (Wildman–Crippen MR) is 114 cm³/mol. The second-order valence-corrected chi connectivity index (χ2v) is 7.19. The molecule has 30 heavy (non-hydrogen) atoms. The first kappa shape index (κ1) is 20.1. The van der Waals surface area contributed by atoms with E-state index in [9.17, 15) is 4.79 Å². The third-order valence-corrected chi connectivity index (χ3v) is 5.16. The standard InChI is InChI=1S/C21H26N6O3/c1-29-18-8-9-22-21(25-18)27-13-11-26(12-14-27)10-2-3-15-30-19-7-5-16-4-6-17(28)23-20(16)24-19/h4-9H,2-3,10-15H2,1H3,(H,23,24,28). The summed E-state index contributed by atoms with van der Waals surface area (Å²) in [5.41, 5.74) is 0.392. The summed E-state index contributed by atoms with van der Waals surface area (Å²) < 4.78 is 10.9. The molecule has 0 atom stereocenters. The normalized spacial score (nSPS) is 14.8. The Kier molecular flexibility index (Phi) is 6.38. The van der Waals surface area contributed by atoms with Crippen LogP contribution in [0.1, 0.15) is 12.8 Å². The zero-order valence-corrected chi connectivity index (χ0v) is 17.1. The van der Waals surface area contributed by atoms with Crippen LogP contribution in [0.2, 0.25) is 0 Å². The molecule has 0 aliphatic carbocycles. The van der Waals surface area contributed by atoms with Crippen LogP contribution in [0.3, 0.4) is 0 Å². The van der Waals surface area contributed by atoms with E-state index >= 15 is 0 Å². The minimum Gasteiger partial charge on any atom is -0.481 e. The van der Waals surface area contributed by atoms with Crippen LogP contribution >= 0.6 is 0 Å². The Morgan fingerprint density at radius 2 is 1.83 bits per heavy atom. The van der Waals surface area contributed by atoms with Crippen LogP contribution in [-0.2, 0) is 0 Å². The third-order valence-electron chi connectivity index (χ3n) is 5.16. The SMILES string of the molecule is COc1ccnc(N2CCN(CCCCOc3ccc4ccc(=O)[nH]c4n3)CC2)n1. The van der Waals surface area contributed by atoms with Crippen LogP contribution in [-0.4, -0.2) is 71.3 Å². The maximum absolute atomic E-state index is 11.4. The van der Waals surface area contributed by atoms with Crippen LogP contribution in [0.15, 0.2) is 41.3 Å². The molecule has 3 aromatic heterocycles. The number of nitrogens with one attached hydrogen (secondary N) is 1. The predicted octanol–water partition coefficient (Wildman–Crippen LogP) is 1.70. The minimum absolute atomic E-state index is 0.162. The van der Waals surface area contributed by atoms with Gasteiger partial charge in [-0.05, 0) is 31.5 Å². The molecule has 3 aromatic rings. The smallest absolute Gasteiger partial charge is 0.249 e. The summed E-state index contributed by atoms with van der Waals surface area (Å²) in [4.78, 5) is 31.9. The molecule has 4 rings (SSSR count). The summed E-state index contributed by atoms with van der Waals surface area (Å²) in [5, 5.41) is 0.889. The van der Waals surface area contributed by atoms with Gasteiger partial charge in [0.25, 0.3) is 0 Å². The van der Waals surface area contributed by atoms with Crippen molar-refractivity contribution in [1.82, 2.24) is 24.8 Å². The summed E-state index contributed by atoms with van der Waals surface area (Å²) in [5.74, 6) is 1.86. The Hall–Kier alpha value is -3.20. The Bertz CT molecular complexity index is 1030. The molecule has 0 bridgehead atoms. The molecule has 158 valence electrons. The first-order valence-corrected chi connectivity index (χ1v) is 10.2. The van der Waals surface area contributed by atoms with Crippen LogP contribution < -0.4 is 19.9 Å². The molecule has 1 N–H and O–H groups in total. The molecule has 0 spiro atoms. The molecule has 1 aliphatic heterocycles. The van der Waals surface area contributed by atoms with E-state index in [1.165, 1.54) is 6.07 Å². The molecule has 0 saturated carbocycles. The van der Waals surface area contributed by atoms with Gasteiger partial charge >= 0.3 is 0 Å². The summed E-state index contributed by atoms with van der Waals surface area (Å²) in [6.45, 7) is 5.43. The number of methoxy groups -OCH3 is 1. The van der Waals surface area contributed by atoms with Gasteiger partial charge in [0.1, 0.15) is 5.65 Å². The van der Waals surface area contributed by atoms with E-state index in [0.29, 0.717) is 24.0 Å². The van der Waals surface area contributed by atoms with Crippen molar-refractivity contribution in [2.45, 2.75) is 12.8 Å². The monoisotopic (exact) mass is 410 g/mol. The van der Waals surface area contributed by atoms with Gasteiger partial charge in [0, 0.05) is 56.0 Å². The van der Waals surface area contributed by atoms with Crippen molar-refractivity contribution >= 4 is 17.0 Å². The Labute approximate surface area is 174 Å². The fourth-order valence-corrected chi connectivity index (χ4v) is 3.47. The van der Waals surface area contributed by atoms with Gasteiger partial charge in [0.05, 0.1) is 13.7 Å². The number of aromatic amines is 1. The highest BCUT2D eigenvalue weighted by Gasteiger charge is 2.18. The largest absolute Gasteiger partial charge is 0.481 e. The Morgan fingerprint density at radius 1 is 1.00 bits per heavy atom. The fourth-order valence-electron chi connectivity index (χ4n) is 3.47. The molecular formula is C21H26N6O3. The maximum atomic E-state index is 11.4. The number of pyridine rings is 2. The van der Waals surface area contributed by atoms with E-state index in [-0.39, 0.29) is 5.56 Å². The van der Waals surface area contributed by atoms with Crippen molar-refractivity contribution in [2.75, 3.05) is 51.3 Å². The van der Waals surface area contributed by atoms with Gasteiger partial charge in [0.2, 0.25) is 23.3 Å². The third kappa shape index (κ3) is 5.04. The Balaban J connectivity index is 1.16. The molecule has 0 amide bonds. The number of hydrogen-bond donors (Lipinski definition) is 1. The Morgan fingerprint density at radius 3 is 2.67 bits per heavy atom. The van der Waals surface area contributed by atoms with E-state index in [2.05, 4.69) is 29.7 Å². The molecule has 1 aliphatic rings. The molecular weight excluding hydrogens is 384 g/mol. The number of unbranched alkanes of at least 4 members (excludes halogenated alkanes) is 1. The number of nitrogens with zero attached hydrogens (tertiary/aromatic N) is 5. The van der Waals surface area contributed by atoms with Crippen LogP contribution in [0.25, 0.3) is 11.0 Å². The first-order chi connectivity index (χ1) is 14.7. The van der Waals surface area contributed by atoms with Gasteiger partial charge in [0.15, 0.2) is 0 Å². The van der Waals surface area contributed by atoms with Crippen LogP contribution in [0, 0.1) is 0 Å². The van der Waals surface area contributed by atoms with E-state index < -0.39 is 0 Å². The van der Waals surface area contributed by atoms with Crippen molar-refractivity contribution in [3.8, 4) is 11.8 Å².